The van der Waals surface area contributed by atoms with E-state index in [1.165, 1.54) is 0 Å². The molecule has 2 saturated carbocycles. The van der Waals surface area contributed by atoms with Crippen molar-refractivity contribution in [3.05, 3.63) is 52.8 Å². The van der Waals surface area contributed by atoms with E-state index in [0.29, 0.717) is 18.5 Å². The molecule has 0 radical (unpaired) electrons. The lowest BCUT2D eigenvalue weighted by atomic mass is 10.1. The molecule has 2 aromatic heterocycles. The Labute approximate surface area is 170 Å². The SMILES string of the molecule is COc1ccc(CN(C(=O)c2cc(C3CC3)nc3c2c(C)nn3C)C2CC2)cc1. The quantitative estimate of drug-likeness (QED) is 0.639. The summed E-state index contributed by atoms with van der Waals surface area (Å²) >= 11 is 0. The first kappa shape index (κ1) is 18.2. The number of ether oxygens (including phenoxy) is 1. The second kappa shape index (κ2) is 6.87. The van der Waals surface area contributed by atoms with Gasteiger partial charge in [0, 0.05) is 31.2 Å². The summed E-state index contributed by atoms with van der Waals surface area (Å²) in [6.07, 6.45) is 4.44. The number of hydrogen-bond donors (Lipinski definition) is 0. The first-order valence-corrected chi connectivity index (χ1v) is 10.3. The van der Waals surface area contributed by atoms with Gasteiger partial charge in [-0.05, 0) is 56.4 Å². The first-order valence-electron chi connectivity index (χ1n) is 10.3. The number of fused-ring (bicyclic) bond motifs is 1. The predicted molar refractivity (Wildman–Crippen MR) is 111 cm³/mol. The van der Waals surface area contributed by atoms with Gasteiger partial charge in [0.2, 0.25) is 0 Å². The Kier molecular flexibility index (Phi) is 4.30. The van der Waals surface area contributed by atoms with Crippen molar-refractivity contribution in [1.82, 2.24) is 19.7 Å². The van der Waals surface area contributed by atoms with Crippen LogP contribution in [-0.4, -0.2) is 38.7 Å². The molecule has 5 rings (SSSR count). The fourth-order valence-corrected chi connectivity index (χ4v) is 4.06. The Hall–Kier alpha value is -2.89. The highest BCUT2D eigenvalue weighted by Crippen LogP contribution is 2.41. The topological polar surface area (TPSA) is 60.2 Å². The molecule has 2 aliphatic carbocycles. The molecular weight excluding hydrogens is 364 g/mol. The standard InChI is InChI=1S/C23H26N4O2/c1-14-21-19(12-20(16-6-7-16)24-22(21)26(2)25-14)23(28)27(17-8-9-17)13-15-4-10-18(29-3)11-5-15/h4-5,10-12,16-17H,6-9,13H2,1-3H3. The number of aryl methyl sites for hydroxylation is 2. The van der Waals surface area contributed by atoms with Gasteiger partial charge in [-0.25, -0.2) is 4.98 Å². The zero-order valence-corrected chi connectivity index (χ0v) is 17.2. The van der Waals surface area contributed by atoms with E-state index in [4.69, 9.17) is 9.72 Å². The van der Waals surface area contributed by atoms with Crippen molar-refractivity contribution >= 4 is 16.9 Å². The van der Waals surface area contributed by atoms with Gasteiger partial charge < -0.3 is 9.64 Å². The third-order valence-corrected chi connectivity index (χ3v) is 5.98. The van der Waals surface area contributed by atoms with Crippen LogP contribution in [0, 0.1) is 6.92 Å². The van der Waals surface area contributed by atoms with E-state index in [1.807, 2.05) is 49.2 Å². The molecular formula is C23H26N4O2. The Morgan fingerprint density at radius 3 is 2.55 bits per heavy atom. The molecule has 29 heavy (non-hydrogen) atoms. The molecule has 0 unspecified atom stereocenters. The smallest absolute Gasteiger partial charge is 0.255 e. The van der Waals surface area contributed by atoms with E-state index in [0.717, 1.165) is 65.0 Å². The van der Waals surface area contributed by atoms with Gasteiger partial charge in [-0.2, -0.15) is 5.10 Å². The largest absolute Gasteiger partial charge is 0.497 e. The van der Waals surface area contributed by atoms with Gasteiger partial charge in [-0.15, -0.1) is 0 Å². The molecule has 3 aromatic rings. The average Bonchev–Trinajstić information content (AvgIpc) is 3.63. The molecule has 0 saturated heterocycles. The number of carbonyl (C=O) groups is 1. The highest BCUT2D eigenvalue weighted by atomic mass is 16.5. The molecule has 0 aliphatic heterocycles. The Balaban J connectivity index is 1.54. The number of amides is 1. The van der Waals surface area contributed by atoms with Crippen LogP contribution in [0.1, 0.15) is 58.9 Å². The van der Waals surface area contributed by atoms with Crippen molar-refractivity contribution in [3.63, 3.8) is 0 Å². The second-order valence-corrected chi connectivity index (χ2v) is 8.29. The van der Waals surface area contributed by atoms with Crippen LogP contribution < -0.4 is 4.74 Å². The van der Waals surface area contributed by atoms with Crippen LogP contribution in [-0.2, 0) is 13.6 Å². The summed E-state index contributed by atoms with van der Waals surface area (Å²) in [6, 6.07) is 10.3. The zero-order valence-electron chi connectivity index (χ0n) is 17.2. The summed E-state index contributed by atoms with van der Waals surface area (Å²) in [7, 11) is 3.57. The third kappa shape index (κ3) is 3.37. The number of rotatable bonds is 6. The monoisotopic (exact) mass is 390 g/mol. The van der Waals surface area contributed by atoms with E-state index >= 15 is 0 Å². The van der Waals surface area contributed by atoms with Crippen LogP contribution in [0.25, 0.3) is 11.0 Å². The lowest BCUT2D eigenvalue weighted by molar-refractivity contribution is 0.0731. The molecule has 0 bridgehead atoms. The molecule has 0 spiro atoms. The summed E-state index contributed by atoms with van der Waals surface area (Å²) in [5.41, 5.74) is 4.57. The second-order valence-electron chi connectivity index (χ2n) is 8.29. The highest BCUT2D eigenvalue weighted by molar-refractivity contribution is 6.06. The normalized spacial score (nSPS) is 16.2. The van der Waals surface area contributed by atoms with Crippen LogP contribution in [0.3, 0.4) is 0 Å². The van der Waals surface area contributed by atoms with E-state index in [1.54, 1.807) is 11.8 Å². The molecule has 0 N–H and O–H groups in total. The van der Waals surface area contributed by atoms with E-state index < -0.39 is 0 Å². The number of methoxy groups -OCH3 is 1. The van der Waals surface area contributed by atoms with Crippen molar-refractivity contribution in [2.45, 2.75) is 51.1 Å². The molecule has 2 aliphatic rings. The van der Waals surface area contributed by atoms with Crippen LogP contribution in [0.15, 0.2) is 30.3 Å². The number of pyridine rings is 1. The maximum absolute atomic E-state index is 13.8. The average molecular weight is 390 g/mol. The van der Waals surface area contributed by atoms with Gasteiger partial charge in [-0.1, -0.05) is 12.1 Å². The zero-order chi connectivity index (χ0) is 20.1. The maximum Gasteiger partial charge on any atom is 0.255 e. The maximum atomic E-state index is 13.8. The number of hydrogen-bond acceptors (Lipinski definition) is 4. The number of nitrogens with zero attached hydrogens (tertiary/aromatic N) is 4. The van der Waals surface area contributed by atoms with E-state index in [9.17, 15) is 4.79 Å². The van der Waals surface area contributed by atoms with Gasteiger partial charge in [0.15, 0.2) is 5.65 Å². The van der Waals surface area contributed by atoms with Crippen molar-refractivity contribution in [3.8, 4) is 5.75 Å². The van der Waals surface area contributed by atoms with Gasteiger partial charge in [0.05, 0.1) is 23.8 Å². The van der Waals surface area contributed by atoms with Crippen molar-refractivity contribution < 1.29 is 9.53 Å². The summed E-state index contributed by atoms with van der Waals surface area (Å²) < 4.78 is 7.06. The Morgan fingerprint density at radius 1 is 1.21 bits per heavy atom. The van der Waals surface area contributed by atoms with Crippen LogP contribution in [0.4, 0.5) is 0 Å². The summed E-state index contributed by atoms with van der Waals surface area (Å²) in [5, 5.41) is 5.44. The van der Waals surface area contributed by atoms with Crippen LogP contribution in [0.5, 0.6) is 5.75 Å². The predicted octanol–water partition coefficient (Wildman–Crippen LogP) is 3.97. The minimum Gasteiger partial charge on any atom is -0.497 e. The van der Waals surface area contributed by atoms with E-state index in [-0.39, 0.29) is 5.91 Å². The molecule has 2 fully saturated rings. The molecule has 1 amide bonds. The Bertz CT molecular complexity index is 1080. The molecule has 6 heteroatoms. The van der Waals surface area contributed by atoms with Gasteiger partial charge in [0.1, 0.15) is 5.75 Å². The van der Waals surface area contributed by atoms with Crippen molar-refractivity contribution in [2.75, 3.05) is 7.11 Å². The Morgan fingerprint density at radius 2 is 1.93 bits per heavy atom. The molecule has 150 valence electrons. The number of carbonyl (C=O) groups excluding carboxylic acids is 1. The number of aromatic nitrogens is 3. The van der Waals surface area contributed by atoms with Gasteiger partial charge in [-0.3, -0.25) is 9.48 Å². The molecule has 6 nitrogen and oxygen atoms in total. The minimum absolute atomic E-state index is 0.0914. The summed E-state index contributed by atoms with van der Waals surface area (Å²) in [6.45, 7) is 2.57. The molecule has 1 aromatic carbocycles. The lowest BCUT2D eigenvalue weighted by Crippen LogP contribution is -2.33. The molecule has 2 heterocycles. The summed E-state index contributed by atoms with van der Waals surface area (Å²) in [4.78, 5) is 20.6. The fraction of sp³-hybridized carbons (Fsp3) is 0.435. The van der Waals surface area contributed by atoms with Crippen molar-refractivity contribution in [1.29, 1.82) is 0 Å². The first-order chi connectivity index (χ1) is 14.0. The van der Waals surface area contributed by atoms with Crippen molar-refractivity contribution in [2.24, 2.45) is 7.05 Å². The van der Waals surface area contributed by atoms with Gasteiger partial charge >= 0.3 is 0 Å². The third-order valence-electron chi connectivity index (χ3n) is 5.98. The molecule has 0 atom stereocenters. The van der Waals surface area contributed by atoms with Gasteiger partial charge in [0.25, 0.3) is 5.91 Å². The van der Waals surface area contributed by atoms with Crippen LogP contribution >= 0.6 is 0 Å². The lowest BCUT2D eigenvalue weighted by Gasteiger charge is -2.23. The summed E-state index contributed by atoms with van der Waals surface area (Å²) in [5.74, 6) is 1.40. The van der Waals surface area contributed by atoms with E-state index in [2.05, 4.69) is 5.10 Å². The van der Waals surface area contributed by atoms with Crippen LogP contribution in [0.2, 0.25) is 0 Å². The minimum atomic E-state index is 0.0914. The number of benzene rings is 1. The fourth-order valence-electron chi connectivity index (χ4n) is 4.06. The highest BCUT2D eigenvalue weighted by Gasteiger charge is 2.35.